The average Bonchev–Trinajstić information content (AvgIpc) is 2.24. The van der Waals surface area contributed by atoms with Gasteiger partial charge in [0, 0.05) is 19.2 Å². The predicted octanol–water partition coefficient (Wildman–Crippen LogP) is 2.11. The molecule has 0 unspecified atom stereocenters. The van der Waals surface area contributed by atoms with Crippen LogP contribution in [0.3, 0.4) is 0 Å². The first-order valence-corrected chi connectivity index (χ1v) is 5.78. The molecule has 3 N–H and O–H groups in total. The Morgan fingerprint density at radius 3 is 2.32 bits per heavy atom. The fourth-order valence-electron chi connectivity index (χ4n) is 1.23. The van der Waals surface area contributed by atoms with Crippen molar-refractivity contribution in [1.82, 2.24) is 9.97 Å². The molecule has 1 aromatic heterocycles. The molecule has 0 bridgehead atoms. The number of alkyl halides is 3. The van der Waals surface area contributed by atoms with Crippen molar-refractivity contribution in [3.63, 3.8) is 0 Å². The van der Waals surface area contributed by atoms with Crippen molar-refractivity contribution in [3.05, 3.63) is 11.8 Å². The largest absolute Gasteiger partial charge is 0.433 e. The molecule has 19 heavy (non-hydrogen) atoms. The summed E-state index contributed by atoms with van der Waals surface area (Å²) in [5.74, 6) is -0.0871. The van der Waals surface area contributed by atoms with Crippen molar-refractivity contribution in [3.8, 4) is 0 Å². The van der Waals surface area contributed by atoms with Crippen LogP contribution in [0.15, 0.2) is 6.07 Å². The molecule has 0 aliphatic rings. The highest BCUT2D eigenvalue weighted by Gasteiger charge is 2.33. The fraction of sp³-hybridized carbons (Fsp3) is 0.636. The van der Waals surface area contributed by atoms with Gasteiger partial charge in [0.15, 0.2) is 5.69 Å². The zero-order valence-electron chi connectivity index (χ0n) is 11.0. The van der Waals surface area contributed by atoms with Gasteiger partial charge in [0.05, 0.1) is 5.60 Å². The Balaban J connectivity index is 3.00. The molecule has 0 atom stereocenters. The Morgan fingerprint density at radius 2 is 1.84 bits per heavy atom. The Bertz CT molecular complexity index is 429. The molecular formula is C11H17F3N4O. The Kier molecular flexibility index (Phi) is 4.56. The van der Waals surface area contributed by atoms with Gasteiger partial charge >= 0.3 is 6.18 Å². The summed E-state index contributed by atoms with van der Waals surface area (Å²) in [5, 5.41) is 14.8. The van der Waals surface area contributed by atoms with E-state index in [-0.39, 0.29) is 18.3 Å². The van der Waals surface area contributed by atoms with Crippen LogP contribution in [-0.2, 0) is 6.18 Å². The molecule has 0 saturated heterocycles. The van der Waals surface area contributed by atoms with Crippen LogP contribution >= 0.6 is 0 Å². The van der Waals surface area contributed by atoms with Crippen molar-refractivity contribution in [1.29, 1.82) is 0 Å². The Hall–Kier alpha value is -1.57. The molecule has 0 saturated carbocycles. The summed E-state index contributed by atoms with van der Waals surface area (Å²) < 4.78 is 38.0. The number of halogens is 3. The monoisotopic (exact) mass is 278 g/mol. The van der Waals surface area contributed by atoms with E-state index in [0.29, 0.717) is 6.54 Å². The summed E-state index contributed by atoms with van der Waals surface area (Å²) in [6, 6.07) is 0.812. The van der Waals surface area contributed by atoms with Crippen LogP contribution in [-0.4, -0.2) is 33.8 Å². The van der Waals surface area contributed by atoms with E-state index < -0.39 is 17.5 Å². The third-order valence-corrected chi connectivity index (χ3v) is 2.05. The topological polar surface area (TPSA) is 70.1 Å². The molecule has 0 fully saturated rings. The van der Waals surface area contributed by atoms with E-state index in [1.165, 1.54) is 13.8 Å². The summed E-state index contributed by atoms with van der Waals surface area (Å²) in [7, 11) is 0. The van der Waals surface area contributed by atoms with Crippen LogP contribution < -0.4 is 10.6 Å². The smallest absolute Gasteiger partial charge is 0.389 e. The highest BCUT2D eigenvalue weighted by Crippen LogP contribution is 2.29. The van der Waals surface area contributed by atoms with Crippen molar-refractivity contribution in [2.45, 2.75) is 32.5 Å². The van der Waals surface area contributed by atoms with Gasteiger partial charge in [0.2, 0.25) is 5.95 Å². The standard InChI is InChI=1S/C11H17F3N4O/c1-4-15-9-17-7(11(12,13)14)5-8(18-9)16-6-10(2,3)19/h5,19H,4,6H2,1-3H3,(H2,15,16,17,18). The molecule has 0 aliphatic heterocycles. The van der Waals surface area contributed by atoms with Crippen LogP contribution in [0.4, 0.5) is 24.9 Å². The summed E-state index contributed by atoms with van der Waals surface area (Å²) in [6.45, 7) is 5.29. The van der Waals surface area contributed by atoms with Gasteiger partial charge in [-0.05, 0) is 20.8 Å². The number of anilines is 2. The molecule has 108 valence electrons. The number of rotatable bonds is 5. The third kappa shape index (κ3) is 5.29. The molecule has 8 heteroatoms. The lowest BCUT2D eigenvalue weighted by Gasteiger charge is -2.19. The summed E-state index contributed by atoms with van der Waals surface area (Å²) in [6.07, 6.45) is -4.54. The average molecular weight is 278 g/mol. The first-order chi connectivity index (χ1) is 8.62. The van der Waals surface area contributed by atoms with E-state index in [2.05, 4.69) is 20.6 Å². The molecule has 0 amide bonds. The lowest BCUT2D eigenvalue weighted by atomic mass is 10.1. The number of aromatic nitrogens is 2. The van der Waals surface area contributed by atoms with Gasteiger partial charge in [-0.1, -0.05) is 0 Å². The Labute approximate surface area is 109 Å². The van der Waals surface area contributed by atoms with E-state index in [9.17, 15) is 18.3 Å². The van der Waals surface area contributed by atoms with Crippen LogP contribution in [0.1, 0.15) is 26.5 Å². The maximum Gasteiger partial charge on any atom is 0.433 e. The zero-order chi connectivity index (χ0) is 14.7. The summed E-state index contributed by atoms with van der Waals surface area (Å²) in [5.41, 5.74) is -2.08. The molecule has 5 nitrogen and oxygen atoms in total. The minimum absolute atomic E-state index is 0.0143. The zero-order valence-corrected chi connectivity index (χ0v) is 11.0. The molecule has 0 aromatic carbocycles. The summed E-state index contributed by atoms with van der Waals surface area (Å²) in [4.78, 5) is 7.28. The highest BCUT2D eigenvalue weighted by molar-refractivity contribution is 5.43. The maximum atomic E-state index is 12.7. The van der Waals surface area contributed by atoms with Gasteiger partial charge < -0.3 is 15.7 Å². The number of nitrogens with one attached hydrogen (secondary N) is 2. The fourth-order valence-corrected chi connectivity index (χ4v) is 1.23. The minimum Gasteiger partial charge on any atom is -0.389 e. The second kappa shape index (κ2) is 5.60. The second-order valence-corrected chi connectivity index (χ2v) is 4.66. The molecular weight excluding hydrogens is 261 g/mol. The van der Waals surface area contributed by atoms with Crippen LogP contribution in [0.25, 0.3) is 0 Å². The Morgan fingerprint density at radius 1 is 1.21 bits per heavy atom. The molecule has 1 rings (SSSR count). The minimum atomic E-state index is -4.54. The molecule has 1 heterocycles. The van der Waals surface area contributed by atoms with Crippen LogP contribution in [0, 0.1) is 0 Å². The van der Waals surface area contributed by atoms with Crippen molar-refractivity contribution >= 4 is 11.8 Å². The summed E-state index contributed by atoms with van der Waals surface area (Å²) >= 11 is 0. The highest BCUT2D eigenvalue weighted by atomic mass is 19.4. The maximum absolute atomic E-state index is 12.7. The van der Waals surface area contributed by atoms with Gasteiger partial charge in [-0.2, -0.15) is 18.2 Å². The van der Waals surface area contributed by atoms with Crippen LogP contribution in [0.2, 0.25) is 0 Å². The van der Waals surface area contributed by atoms with Crippen LogP contribution in [0.5, 0.6) is 0 Å². The lowest BCUT2D eigenvalue weighted by Crippen LogP contribution is -2.30. The van der Waals surface area contributed by atoms with Gasteiger partial charge in [0.25, 0.3) is 0 Å². The van der Waals surface area contributed by atoms with Gasteiger partial charge in [-0.3, -0.25) is 0 Å². The second-order valence-electron chi connectivity index (χ2n) is 4.66. The molecule has 0 spiro atoms. The van der Waals surface area contributed by atoms with E-state index in [0.717, 1.165) is 6.07 Å². The normalized spacial score (nSPS) is 12.4. The van der Waals surface area contributed by atoms with E-state index in [1.807, 2.05) is 0 Å². The first-order valence-electron chi connectivity index (χ1n) is 5.78. The van der Waals surface area contributed by atoms with Crippen molar-refractivity contribution in [2.24, 2.45) is 0 Å². The van der Waals surface area contributed by atoms with Gasteiger partial charge in [0.1, 0.15) is 5.82 Å². The SMILES string of the molecule is CCNc1nc(NCC(C)(C)O)cc(C(F)(F)F)n1. The van der Waals surface area contributed by atoms with E-state index in [1.54, 1.807) is 6.92 Å². The van der Waals surface area contributed by atoms with E-state index >= 15 is 0 Å². The predicted molar refractivity (Wildman–Crippen MR) is 66.0 cm³/mol. The molecule has 1 aromatic rings. The van der Waals surface area contributed by atoms with Gasteiger partial charge in [-0.25, -0.2) is 4.98 Å². The first kappa shape index (κ1) is 15.5. The molecule has 0 aliphatic carbocycles. The quantitative estimate of drug-likeness (QED) is 0.769. The van der Waals surface area contributed by atoms with Crippen molar-refractivity contribution < 1.29 is 18.3 Å². The molecule has 0 radical (unpaired) electrons. The third-order valence-electron chi connectivity index (χ3n) is 2.05. The van der Waals surface area contributed by atoms with Crippen molar-refractivity contribution in [2.75, 3.05) is 23.7 Å². The van der Waals surface area contributed by atoms with Gasteiger partial charge in [-0.15, -0.1) is 0 Å². The number of aliphatic hydroxyl groups is 1. The lowest BCUT2D eigenvalue weighted by molar-refractivity contribution is -0.141. The number of hydrogen-bond acceptors (Lipinski definition) is 5. The number of hydrogen-bond donors (Lipinski definition) is 3. The van der Waals surface area contributed by atoms with E-state index in [4.69, 9.17) is 0 Å². The number of nitrogens with zero attached hydrogens (tertiary/aromatic N) is 2.